The van der Waals surface area contributed by atoms with Crippen molar-refractivity contribution in [3.05, 3.63) is 47.1 Å². The Balaban J connectivity index is 1.96. The second kappa shape index (κ2) is 6.93. The zero-order valence-corrected chi connectivity index (χ0v) is 12.3. The van der Waals surface area contributed by atoms with Gasteiger partial charge in [0.2, 0.25) is 0 Å². The molecule has 2 aromatic rings. The van der Waals surface area contributed by atoms with Gasteiger partial charge < -0.3 is 5.32 Å². The predicted molar refractivity (Wildman–Crippen MR) is 80.4 cm³/mol. The summed E-state index contributed by atoms with van der Waals surface area (Å²) >= 11 is 1.58. The van der Waals surface area contributed by atoms with Crippen LogP contribution in [0.1, 0.15) is 4.88 Å². The Morgan fingerprint density at radius 1 is 1.26 bits per heavy atom. The van der Waals surface area contributed by atoms with E-state index in [2.05, 4.69) is 5.32 Å². The quantitative estimate of drug-likeness (QED) is 0.830. The van der Waals surface area contributed by atoms with Gasteiger partial charge in [0.25, 0.3) is 0 Å². The average Bonchev–Trinajstić information content (AvgIpc) is 2.83. The van der Waals surface area contributed by atoms with Crippen molar-refractivity contribution in [2.24, 2.45) is 0 Å². The molecule has 0 saturated carbocycles. The Labute approximate surface area is 119 Å². The van der Waals surface area contributed by atoms with Gasteiger partial charge >= 0.3 is 0 Å². The van der Waals surface area contributed by atoms with E-state index in [9.17, 15) is 8.60 Å². The highest BCUT2D eigenvalue weighted by atomic mass is 32.2. The van der Waals surface area contributed by atoms with Crippen LogP contribution in [-0.2, 0) is 17.3 Å². The third kappa shape index (κ3) is 4.23. The molecule has 1 atom stereocenters. The third-order valence-corrected chi connectivity index (χ3v) is 4.56. The van der Waals surface area contributed by atoms with Gasteiger partial charge in [-0.15, -0.1) is 11.3 Å². The second-order valence-corrected chi connectivity index (χ2v) is 6.92. The van der Waals surface area contributed by atoms with Crippen molar-refractivity contribution in [2.45, 2.75) is 6.54 Å². The monoisotopic (exact) mass is 297 g/mol. The van der Waals surface area contributed by atoms with E-state index < -0.39 is 10.8 Å². The molecule has 0 amide bonds. The molecule has 19 heavy (non-hydrogen) atoms. The van der Waals surface area contributed by atoms with E-state index in [0.717, 1.165) is 22.8 Å². The van der Waals surface area contributed by atoms with Gasteiger partial charge in [0.1, 0.15) is 5.82 Å². The molecule has 0 spiro atoms. The Hall–Kier alpha value is -1.04. The molecule has 1 N–H and O–H groups in total. The molecule has 2 nitrogen and oxygen atoms in total. The van der Waals surface area contributed by atoms with E-state index in [4.69, 9.17) is 0 Å². The first-order chi connectivity index (χ1) is 9.16. The molecular weight excluding hydrogens is 281 g/mol. The molecule has 1 heterocycles. The molecule has 5 heteroatoms. The molecule has 0 aliphatic rings. The standard InChI is InChI=1S/C14H16FNOS2/c1-19(17)9-8-16-10-11-6-7-14(18-11)12-4-2-3-5-13(12)15/h2-7,16H,8-10H2,1H3/t19-/m1/s1. The first-order valence-corrected chi connectivity index (χ1v) is 8.55. The minimum Gasteiger partial charge on any atom is -0.311 e. The molecule has 1 aromatic heterocycles. The average molecular weight is 297 g/mol. The molecule has 0 aliphatic heterocycles. The zero-order chi connectivity index (χ0) is 13.7. The number of nitrogens with one attached hydrogen (secondary N) is 1. The first-order valence-electron chi connectivity index (χ1n) is 6.01. The fourth-order valence-electron chi connectivity index (χ4n) is 1.71. The van der Waals surface area contributed by atoms with Crippen LogP contribution >= 0.6 is 11.3 Å². The van der Waals surface area contributed by atoms with Crippen LogP contribution in [0.3, 0.4) is 0 Å². The molecule has 0 fully saturated rings. The van der Waals surface area contributed by atoms with Gasteiger partial charge in [0, 0.05) is 51.2 Å². The lowest BCUT2D eigenvalue weighted by Gasteiger charge is -2.01. The summed E-state index contributed by atoms with van der Waals surface area (Å²) in [5.74, 6) is 0.469. The highest BCUT2D eigenvalue weighted by Gasteiger charge is 2.07. The number of benzene rings is 1. The summed E-state index contributed by atoms with van der Waals surface area (Å²) in [6.07, 6.45) is 1.70. The fourth-order valence-corrected chi connectivity index (χ4v) is 3.14. The Morgan fingerprint density at radius 3 is 2.79 bits per heavy atom. The van der Waals surface area contributed by atoms with E-state index in [1.165, 1.54) is 6.07 Å². The van der Waals surface area contributed by atoms with Gasteiger partial charge in [0.05, 0.1) is 0 Å². The SMILES string of the molecule is C[S@@](=O)CCNCc1ccc(-c2ccccc2F)s1. The minimum absolute atomic E-state index is 0.190. The van der Waals surface area contributed by atoms with Gasteiger partial charge in [-0.1, -0.05) is 18.2 Å². The van der Waals surface area contributed by atoms with Gasteiger partial charge in [0.15, 0.2) is 0 Å². The third-order valence-electron chi connectivity index (χ3n) is 2.67. The number of halogens is 1. The highest BCUT2D eigenvalue weighted by Crippen LogP contribution is 2.29. The summed E-state index contributed by atoms with van der Waals surface area (Å²) in [7, 11) is -0.760. The van der Waals surface area contributed by atoms with Crippen molar-refractivity contribution in [2.75, 3.05) is 18.6 Å². The van der Waals surface area contributed by atoms with Crippen molar-refractivity contribution < 1.29 is 8.60 Å². The predicted octanol–water partition coefficient (Wildman–Crippen LogP) is 3.02. The maximum absolute atomic E-state index is 13.6. The fraction of sp³-hybridized carbons (Fsp3) is 0.286. The maximum atomic E-state index is 13.6. The number of thiophene rings is 1. The summed E-state index contributed by atoms with van der Waals surface area (Å²) in [6.45, 7) is 1.46. The van der Waals surface area contributed by atoms with Gasteiger partial charge in [-0.05, 0) is 18.2 Å². The smallest absolute Gasteiger partial charge is 0.131 e. The van der Waals surface area contributed by atoms with E-state index in [-0.39, 0.29) is 5.82 Å². The van der Waals surface area contributed by atoms with Crippen molar-refractivity contribution in [1.29, 1.82) is 0 Å². The molecule has 102 valence electrons. The van der Waals surface area contributed by atoms with Crippen LogP contribution in [-0.4, -0.2) is 22.8 Å². The summed E-state index contributed by atoms with van der Waals surface area (Å²) < 4.78 is 24.6. The summed E-state index contributed by atoms with van der Waals surface area (Å²) in [5, 5.41) is 3.24. The molecule has 0 saturated heterocycles. The lowest BCUT2D eigenvalue weighted by atomic mass is 10.2. The maximum Gasteiger partial charge on any atom is 0.131 e. The molecule has 0 bridgehead atoms. The van der Waals surface area contributed by atoms with Crippen molar-refractivity contribution in [3.8, 4) is 10.4 Å². The van der Waals surface area contributed by atoms with Crippen molar-refractivity contribution in [3.63, 3.8) is 0 Å². The van der Waals surface area contributed by atoms with Crippen LogP contribution < -0.4 is 5.32 Å². The van der Waals surface area contributed by atoms with Crippen LogP contribution in [0, 0.1) is 5.82 Å². The number of rotatable bonds is 6. The van der Waals surface area contributed by atoms with Crippen LogP contribution in [0.4, 0.5) is 4.39 Å². The molecule has 1 aromatic carbocycles. The molecular formula is C14H16FNOS2. The number of hydrogen-bond acceptors (Lipinski definition) is 3. The normalized spacial score (nSPS) is 12.5. The molecule has 0 aliphatic carbocycles. The summed E-state index contributed by atoms with van der Waals surface area (Å²) in [6, 6.07) is 10.7. The highest BCUT2D eigenvalue weighted by molar-refractivity contribution is 7.84. The molecule has 0 radical (unpaired) electrons. The second-order valence-electron chi connectivity index (χ2n) is 4.20. The van der Waals surface area contributed by atoms with Crippen LogP contribution in [0.15, 0.2) is 36.4 Å². The lowest BCUT2D eigenvalue weighted by Crippen LogP contribution is -2.18. The van der Waals surface area contributed by atoms with Crippen molar-refractivity contribution >= 4 is 22.1 Å². The van der Waals surface area contributed by atoms with E-state index in [0.29, 0.717) is 11.3 Å². The number of hydrogen-bond donors (Lipinski definition) is 1. The largest absolute Gasteiger partial charge is 0.311 e. The zero-order valence-electron chi connectivity index (χ0n) is 10.7. The Bertz CT molecular complexity index is 568. The Kier molecular flexibility index (Phi) is 5.24. The van der Waals surface area contributed by atoms with Crippen molar-refractivity contribution in [1.82, 2.24) is 5.32 Å². The minimum atomic E-state index is -0.760. The van der Waals surface area contributed by atoms with Gasteiger partial charge in [-0.25, -0.2) is 4.39 Å². The topological polar surface area (TPSA) is 29.1 Å². The van der Waals surface area contributed by atoms with E-state index in [1.807, 2.05) is 18.2 Å². The molecule has 0 unspecified atom stereocenters. The van der Waals surface area contributed by atoms with Crippen LogP contribution in [0.25, 0.3) is 10.4 Å². The Morgan fingerprint density at radius 2 is 2.05 bits per heavy atom. The first kappa shape index (κ1) is 14.4. The summed E-state index contributed by atoms with van der Waals surface area (Å²) in [4.78, 5) is 2.09. The van der Waals surface area contributed by atoms with Crippen LogP contribution in [0.5, 0.6) is 0 Å². The van der Waals surface area contributed by atoms with Gasteiger partial charge in [-0.2, -0.15) is 0 Å². The van der Waals surface area contributed by atoms with E-state index in [1.54, 1.807) is 29.7 Å². The van der Waals surface area contributed by atoms with Gasteiger partial charge in [-0.3, -0.25) is 4.21 Å². The summed E-state index contributed by atoms with van der Waals surface area (Å²) in [5.41, 5.74) is 0.647. The molecule has 2 rings (SSSR count). The lowest BCUT2D eigenvalue weighted by molar-refractivity contribution is 0.631. The van der Waals surface area contributed by atoms with E-state index >= 15 is 0 Å². The van der Waals surface area contributed by atoms with Crippen LogP contribution in [0.2, 0.25) is 0 Å².